The Morgan fingerprint density at radius 2 is 1.85 bits per heavy atom. The highest BCUT2D eigenvalue weighted by Gasteiger charge is 2.08. The largest absolute Gasteiger partial charge is 0.396 e. The summed E-state index contributed by atoms with van der Waals surface area (Å²) in [6, 6.07) is 17.6. The number of nitrogens with one attached hydrogen (secondary N) is 2. The van der Waals surface area contributed by atoms with Gasteiger partial charge in [0.1, 0.15) is 5.82 Å². The summed E-state index contributed by atoms with van der Waals surface area (Å²) in [5, 5.41) is 16.1. The third-order valence-corrected chi connectivity index (χ3v) is 4.27. The van der Waals surface area contributed by atoms with Crippen LogP contribution in [0.2, 0.25) is 5.02 Å². The van der Waals surface area contributed by atoms with E-state index in [0.29, 0.717) is 29.8 Å². The summed E-state index contributed by atoms with van der Waals surface area (Å²) in [6.45, 7) is 2.69. The molecule has 0 amide bonds. The summed E-state index contributed by atoms with van der Waals surface area (Å²) in [5.41, 5.74) is 3.70. The molecule has 0 saturated carbocycles. The second kappa shape index (κ2) is 8.65. The zero-order valence-electron chi connectivity index (χ0n) is 14.5. The summed E-state index contributed by atoms with van der Waals surface area (Å²) in [4.78, 5) is 9.10. The molecule has 3 N–H and O–H groups in total. The highest BCUT2D eigenvalue weighted by molar-refractivity contribution is 6.31. The van der Waals surface area contributed by atoms with Gasteiger partial charge in [-0.05, 0) is 31.0 Å². The standard InChI is InChI=1S/C20H21ClN4O/c1-14-8-9-16(12-17(14)21)23-19-13-18(15-6-3-2-4-7-15)24-20(25-19)22-10-5-11-26/h2-4,6-9,12-13,26H,5,10-11H2,1H3,(H2,22,23,24,25). The number of rotatable bonds is 7. The third-order valence-electron chi connectivity index (χ3n) is 3.86. The predicted octanol–water partition coefficient (Wildman–Crippen LogP) is 4.64. The number of aromatic nitrogens is 2. The highest BCUT2D eigenvalue weighted by atomic mass is 35.5. The quantitative estimate of drug-likeness (QED) is 0.530. The van der Waals surface area contributed by atoms with Crippen molar-refractivity contribution in [2.75, 3.05) is 23.8 Å². The van der Waals surface area contributed by atoms with E-state index in [1.54, 1.807) is 0 Å². The van der Waals surface area contributed by atoms with E-state index in [-0.39, 0.29) is 6.61 Å². The van der Waals surface area contributed by atoms with E-state index in [0.717, 1.165) is 22.5 Å². The van der Waals surface area contributed by atoms with Crippen molar-refractivity contribution in [1.82, 2.24) is 9.97 Å². The van der Waals surface area contributed by atoms with Gasteiger partial charge in [0, 0.05) is 35.5 Å². The predicted molar refractivity (Wildman–Crippen MR) is 107 cm³/mol. The van der Waals surface area contributed by atoms with Crippen molar-refractivity contribution in [2.45, 2.75) is 13.3 Å². The Hall–Kier alpha value is -2.63. The van der Waals surface area contributed by atoms with Crippen LogP contribution in [0.5, 0.6) is 0 Å². The monoisotopic (exact) mass is 368 g/mol. The summed E-state index contributed by atoms with van der Waals surface area (Å²) in [7, 11) is 0. The van der Waals surface area contributed by atoms with E-state index in [1.165, 1.54) is 0 Å². The molecule has 0 fully saturated rings. The zero-order valence-corrected chi connectivity index (χ0v) is 15.3. The molecule has 0 aliphatic rings. The fourth-order valence-electron chi connectivity index (χ4n) is 2.44. The fraction of sp³-hybridized carbons (Fsp3) is 0.200. The first kappa shape index (κ1) is 18.2. The van der Waals surface area contributed by atoms with Crippen molar-refractivity contribution in [3.05, 3.63) is 65.2 Å². The zero-order chi connectivity index (χ0) is 18.4. The molecule has 0 saturated heterocycles. The van der Waals surface area contributed by atoms with E-state index in [4.69, 9.17) is 16.7 Å². The van der Waals surface area contributed by atoms with Crippen LogP contribution in [0, 0.1) is 6.92 Å². The molecule has 5 nitrogen and oxygen atoms in total. The number of nitrogens with zero attached hydrogens (tertiary/aromatic N) is 2. The first-order valence-electron chi connectivity index (χ1n) is 8.48. The number of anilines is 3. The average molecular weight is 369 g/mol. The minimum Gasteiger partial charge on any atom is -0.396 e. The Labute approximate surface area is 158 Å². The van der Waals surface area contributed by atoms with Crippen LogP contribution in [0.4, 0.5) is 17.5 Å². The molecule has 0 aliphatic heterocycles. The van der Waals surface area contributed by atoms with E-state index in [2.05, 4.69) is 20.6 Å². The Bertz CT molecular complexity index is 871. The van der Waals surface area contributed by atoms with Gasteiger partial charge in [0.25, 0.3) is 0 Å². The van der Waals surface area contributed by atoms with E-state index < -0.39 is 0 Å². The van der Waals surface area contributed by atoms with Crippen LogP contribution in [0.3, 0.4) is 0 Å². The second-order valence-electron chi connectivity index (χ2n) is 5.92. The van der Waals surface area contributed by atoms with Crippen molar-refractivity contribution >= 4 is 29.1 Å². The number of benzene rings is 2. The number of aliphatic hydroxyl groups is 1. The van der Waals surface area contributed by atoms with Crippen LogP contribution in [0.15, 0.2) is 54.6 Å². The average Bonchev–Trinajstić information content (AvgIpc) is 2.66. The number of halogens is 1. The Kier molecular flexibility index (Phi) is 6.04. The Morgan fingerprint density at radius 3 is 2.58 bits per heavy atom. The van der Waals surface area contributed by atoms with Crippen molar-refractivity contribution in [3.8, 4) is 11.3 Å². The molecule has 26 heavy (non-hydrogen) atoms. The van der Waals surface area contributed by atoms with Gasteiger partial charge in [0.15, 0.2) is 0 Å². The summed E-state index contributed by atoms with van der Waals surface area (Å²) < 4.78 is 0. The Morgan fingerprint density at radius 1 is 1.04 bits per heavy atom. The van der Waals surface area contributed by atoms with Gasteiger partial charge in [-0.3, -0.25) is 0 Å². The number of hydrogen-bond donors (Lipinski definition) is 3. The lowest BCUT2D eigenvalue weighted by Gasteiger charge is -2.12. The molecular formula is C20H21ClN4O. The molecule has 0 spiro atoms. The SMILES string of the molecule is Cc1ccc(Nc2cc(-c3ccccc3)nc(NCCCO)n2)cc1Cl. The van der Waals surface area contributed by atoms with Gasteiger partial charge in [-0.15, -0.1) is 0 Å². The van der Waals surface area contributed by atoms with E-state index in [9.17, 15) is 0 Å². The normalized spacial score (nSPS) is 10.6. The molecular weight excluding hydrogens is 348 g/mol. The van der Waals surface area contributed by atoms with Gasteiger partial charge in [0.05, 0.1) is 5.69 Å². The van der Waals surface area contributed by atoms with Gasteiger partial charge in [-0.25, -0.2) is 4.98 Å². The minimum absolute atomic E-state index is 0.123. The molecule has 0 atom stereocenters. The van der Waals surface area contributed by atoms with Crippen LogP contribution >= 0.6 is 11.6 Å². The maximum Gasteiger partial charge on any atom is 0.225 e. The van der Waals surface area contributed by atoms with Crippen LogP contribution in [0.1, 0.15) is 12.0 Å². The smallest absolute Gasteiger partial charge is 0.225 e. The van der Waals surface area contributed by atoms with Crippen molar-refractivity contribution in [1.29, 1.82) is 0 Å². The van der Waals surface area contributed by atoms with Crippen molar-refractivity contribution < 1.29 is 5.11 Å². The summed E-state index contributed by atoms with van der Waals surface area (Å²) in [6.07, 6.45) is 0.634. The van der Waals surface area contributed by atoms with Crippen LogP contribution < -0.4 is 10.6 Å². The molecule has 134 valence electrons. The van der Waals surface area contributed by atoms with Gasteiger partial charge < -0.3 is 15.7 Å². The molecule has 2 aromatic carbocycles. The van der Waals surface area contributed by atoms with E-state index in [1.807, 2.05) is 61.5 Å². The lowest BCUT2D eigenvalue weighted by Crippen LogP contribution is -2.08. The molecule has 0 unspecified atom stereocenters. The molecule has 0 aliphatic carbocycles. The van der Waals surface area contributed by atoms with Crippen molar-refractivity contribution in [2.24, 2.45) is 0 Å². The lowest BCUT2D eigenvalue weighted by molar-refractivity contribution is 0.292. The van der Waals surface area contributed by atoms with E-state index >= 15 is 0 Å². The summed E-state index contributed by atoms with van der Waals surface area (Å²) in [5.74, 6) is 1.19. The molecule has 0 bridgehead atoms. The van der Waals surface area contributed by atoms with Crippen LogP contribution in [-0.2, 0) is 0 Å². The first-order valence-corrected chi connectivity index (χ1v) is 8.86. The molecule has 0 radical (unpaired) electrons. The minimum atomic E-state index is 0.123. The molecule has 1 aromatic heterocycles. The first-order chi connectivity index (χ1) is 12.7. The number of aliphatic hydroxyl groups excluding tert-OH is 1. The van der Waals surface area contributed by atoms with Crippen molar-refractivity contribution in [3.63, 3.8) is 0 Å². The summed E-state index contributed by atoms with van der Waals surface area (Å²) >= 11 is 6.21. The van der Waals surface area contributed by atoms with Gasteiger partial charge in [0.2, 0.25) is 5.95 Å². The van der Waals surface area contributed by atoms with Crippen LogP contribution in [-0.4, -0.2) is 28.2 Å². The van der Waals surface area contributed by atoms with Gasteiger partial charge in [-0.1, -0.05) is 48.0 Å². The third kappa shape index (κ3) is 4.71. The Balaban J connectivity index is 1.91. The van der Waals surface area contributed by atoms with Gasteiger partial charge >= 0.3 is 0 Å². The van der Waals surface area contributed by atoms with Gasteiger partial charge in [-0.2, -0.15) is 4.98 Å². The molecule has 3 aromatic rings. The van der Waals surface area contributed by atoms with Crippen LogP contribution in [0.25, 0.3) is 11.3 Å². The maximum absolute atomic E-state index is 8.97. The fourth-order valence-corrected chi connectivity index (χ4v) is 2.63. The topological polar surface area (TPSA) is 70.1 Å². The number of aryl methyl sites for hydroxylation is 1. The molecule has 1 heterocycles. The molecule has 3 rings (SSSR count). The number of hydrogen-bond acceptors (Lipinski definition) is 5. The second-order valence-corrected chi connectivity index (χ2v) is 6.33. The maximum atomic E-state index is 8.97. The molecule has 6 heteroatoms. The highest BCUT2D eigenvalue weighted by Crippen LogP contribution is 2.26. The lowest BCUT2D eigenvalue weighted by atomic mass is 10.1.